The van der Waals surface area contributed by atoms with E-state index < -0.39 is 31.2 Å². The molecule has 0 fully saturated rings. The molecule has 0 aromatic heterocycles. The third kappa shape index (κ3) is 6.79. The zero-order valence-corrected chi connectivity index (χ0v) is 19.2. The summed E-state index contributed by atoms with van der Waals surface area (Å²) in [7, 11) is -2.69. The van der Waals surface area contributed by atoms with E-state index >= 15 is 0 Å². The minimum atomic E-state index is -3.30. The van der Waals surface area contributed by atoms with Crippen molar-refractivity contribution < 1.29 is 26.4 Å². The van der Waals surface area contributed by atoms with Crippen molar-refractivity contribution in [2.75, 3.05) is 44.7 Å². The largest absolute Gasteiger partial charge is 0.479 e. The number of ether oxygens (including phenoxy) is 1. The minimum Gasteiger partial charge on any atom is -0.479 e. The van der Waals surface area contributed by atoms with Crippen molar-refractivity contribution in [1.82, 2.24) is 4.90 Å². The molecular weight excluding hydrogens is 414 g/mol. The van der Waals surface area contributed by atoms with Crippen molar-refractivity contribution >= 4 is 25.5 Å². The van der Waals surface area contributed by atoms with Gasteiger partial charge in [-0.1, -0.05) is 18.2 Å². The molecule has 1 aliphatic heterocycles. The molecule has 0 amide bonds. The summed E-state index contributed by atoms with van der Waals surface area (Å²) in [5, 5.41) is 0. The Labute approximate surface area is 174 Å². The standard InChI is InChI=1S/C20H31NO6S2/c1-21(2)13-7-11-20(12-15-29(4,25)26)19(22)17(10-14-28(3,23)24)16-8-5-6-9-18(16)27-20/h5-6,8-9,17H,7,10-15H2,1-4H3. The first-order chi connectivity index (χ1) is 13.3. The van der Waals surface area contributed by atoms with Crippen molar-refractivity contribution in [2.24, 2.45) is 0 Å². The predicted molar refractivity (Wildman–Crippen MR) is 114 cm³/mol. The number of nitrogens with zero attached hydrogens (tertiary/aromatic N) is 1. The van der Waals surface area contributed by atoms with Crippen molar-refractivity contribution in [1.29, 1.82) is 0 Å². The average molecular weight is 446 g/mol. The van der Waals surface area contributed by atoms with Crippen molar-refractivity contribution in [2.45, 2.75) is 37.2 Å². The zero-order chi connectivity index (χ0) is 21.9. The molecule has 0 radical (unpaired) electrons. The Bertz CT molecular complexity index is 939. The van der Waals surface area contributed by atoms with Crippen LogP contribution in [0.15, 0.2) is 24.3 Å². The molecule has 7 nitrogen and oxygen atoms in total. The lowest BCUT2D eigenvalue weighted by molar-refractivity contribution is -0.139. The molecule has 0 bridgehead atoms. The average Bonchev–Trinajstić information content (AvgIpc) is 2.58. The van der Waals surface area contributed by atoms with E-state index in [9.17, 15) is 21.6 Å². The van der Waals surface area contributed by atoms with Crippen LogP contribution in [0.3, 0.4) is 0 Å². The number of rotatable bonds is 10. The Hall–Kier alpha value is -1.45. The highest BCUT2D eigenvalue weighted by Gasteiger charge is 2.48. The highest BCUT2D eigenvalue weighted by molar-refractivity contribution is 7.90. The summed E-state index contributed by atoms with van der Waals surface area (Å²) < 4.78 is 53.3. The van der Waals surface area contributed by atoms with E-state index in [-0.39, 0.29) is 30.1 Å². The Kier molecular flexibility index (Phi) is 7.51. The molecule has 2 atom stereocenters. The monoisotopic (exact) mass is 445 g/mol. The number of Topliss-reactive ketones (excluding diaryl/α,β-unsaturated/α-hetero) is 1. The van der Waals surface area contributed by atoms with Gasteiger partial charge in [-0.15, -0.1) is 0 Å². The molecule has 0 saturated heterocycles. The number of sulfone groups is 2. The SMILES string of the molecule is CN(C)CCCC1(CCS(C)(=O)=O)Oc2ccccc2C(CCS(C)(=O)=O)C1=O. The zero-order valence-electron chi connectivity index (χ0n) is 17.5. The molecule has 1 aliphatic rings. The van der Waals surface area contributed by atoms with Gasteiger partial charge in [0.2, 0.25) is 0 Å². The summed E-state index contributed by atoms with van der Waals surface area (Å²) in [6, 6.07) is 7.12. The topological polar surface area (TPSA) is 97.8 Å². The van der Waals surface area contributed by atoms with Crippen LogP contribution >= 0.6 is 0 Å². The number of hydrogen-bond donors (Lipinski definition) is 0. The third-order valence-electron chi connectivity index (χ3n) is 5.21. The van der Waals surface area contributed by atoms with Crippen molar-refractivity contribution in [3.05, 3.63) is 29.8 Å². The summed E-state index contributed by atoms with van der Waals surface area (Å²) in [5.41, 5.74) is -0.598. The van der Waals surface area contributed by atoms with Gasteiger partial charge in [0.1, 0.15) is 25.4 Å². The van der Waals surface area contributed by atoms with E-state index in [4.69, 9.17) is 4.74 Å². The Morgan fingerprint density at radius 2 is 1.62 bits per heavy atom. The molecule has 0 spiro atoms. The molecule has 0 aliphatic carbocycles. The van der Waals surface area contributed by atoms with Gasteiger partial charge in [-0.25, -0.2) is 16.8 Å². The fourth-order valence-electron chi connectivity index (χ4n) is 3.70. The van der Waals surface area contributed by atoms with Crippen LogP contribution in [0.4, 0.5) is 0 Å². The lowest BCUT2D eigenvalue weighted by atomic mass is 9.76. The van der Waals surface area contributed by atoms with E-state index in [1.165, 1.54) is 0 Å². The van der Waals surface area contributed by atoms with Crippen LogP contribution in [0.5, 0.6) is 5.75 Å². The van der Waals surface area contributed by atoms with Crippen LogP contribution in [-0.2, 0) is 24.5 Å². The second-order valence-corrected chi connectivity index (χ2v) is 12.8. The van der Waals surface area contributed by atoms with Gasteiger partial charge < -0.3 is 9.64 Å². The minimum absolute atomic E-state index is 0.0573. The highest BCUT2D eigenvalue weighted by atomic mass is 32.2. The van der Waals surface area contributed by atoms with Crippen LogP contribution in [-0.4, -0.2) is 77.8 Å². The quantitative estimate of drug-likeness (QED) is 0.540. The number of carbonyl (C=O) groups excluding carboxylic acids is 1. The molecule has 2 rings (SSSR count). The van der Waals surface area contributed by atoms with Crippen LogP contribution < -0.4 is 4.74 Å². The fraction of sp³-hybridized carbons (Fsp3) is 0.650. The number of ketones is 1. The Morgan fingerprint density at radius 1 is 1.00 bits per heavy atom. The maximum absolute atomic E-state index is 13.6. The fourth-order valence-corrected chi connectivity index (χ4v) is 5.07. The predicted octanol–water partition coefficient (Wildman–Crippen LogP) is 1.68. The first kappa shape index (κ1) is 23.8. The van der Waals surface area contributed by atoms with Gasteiger partial charge in [0, 0.05) is 24.5 Å². The van der Waals surface area contributed by atoms with Gasteiger partial charge in [-0.3, -0.25) is 4.79 Å². The Morgan fingerprint density at radius 3 is 2.21 bits per heavy atom. The molecule has 9 heteroatoms. The van der Waals surface area contributed by atoms with Gasteiger partial charge in [-0.2, -0.15) is 0 Å². The number of hydrogen-bond acceptors (Lipinski definition) is 7. The molecule has 0 saturated carbocycles. The Balaban J connectivity index is 2.43. The van der Waals surface area contributed by atoms with Gasteiger partial charge in [0.25, 0.3) is 0 Å². The summed E-state index contributed by atoms with van der Waals surface area (Å²) in [4.78, 5) is 15.6. The highest BCUT2D eigenvalue weighted by Crippen LogP contribution is 2.43. The van der Waals surface area contributed by atoms with E-state index in [0.717, 1.165) is 19.1 Å². The molecule has 1 aromatic carbocycles. The summed E-state index contributed by atoms with van der Waals surface area (Å²) >= 11 is 0. The maximum Gasteiger partial charge on any atom is 0.183 e. The summed E-state index contributed by atoms with van der Waals surface area (Å²) in [5.74, 6) is -0.598. The number of carbonyl (C=O) groups is 1. The third-order valence-corrected chi connectivity index (χ3v) is 7.13. The lowest BCUT2D eigenvalue weighted by Gasteiger charge is -2.41. The number of fused-ring (bicyclic) bond motifs is 1. The molecule has 29 heavy (non-hydrogen) atoms. The van der Waals surface area contributed by atoms with Gasteiger partial charge in [0.15, 0.2) is 11.4 Å². The van der Waals surface area contributed by atoms with Crippen LogP contribution in [0.2, 0.25) is 0 Å². The van der Waals surface area contributed by atoms with E-state index in [1.807, 2.05) is 19.0 Å². The van der Waals surface area contributed by atoms with E-state index in [0.29, 0.717) is 24.2 Å². The molecular formula is C20H31NO6S2. The van der Waals surface area contributed by atoms with E-state index in [2.05, 4.69) is 0 Å². The molecule has 164 valence electrons. The van der Waals surface area contributed by atoms with Crippen LogP contribution in [0, 0.1) is 0 Å². The van der Waals surface area contributed by atoms with Gasteiger partial charge in [-0.05, 0) is 46.0 Å². The smallest absolute Gasteiger partial charge is 0.183 e. The molecule has 2 unspecified atom stereocenters. The number of benzene rings is 1. The van der Waals surface area contributed by atoms with E-state index in [1.54, 1.807) is 24.3 Å². The van der Waals surface area contributed by atoms with Crippen LogP contribution in [0.1, 0.15) is 37.2 Å². The molecule has 0 N–H and O–H groups in total. The van der Waals surface area contributed by atoms with Crippen molar-refractivity contribution in [3.63, 3.8) is 0 Å². The summed E-state index contributed by atoms with van der Waals surface area (Å²) in [6.45, 7) is 0.729. The van der Waals surface area contributed by atoms with Crippen LogP contribution in [0.25, 0.3) is 0 Å². The van der Waals surface area contributed by atoms with Gasteiger partial charge in [0.05, 0.1) is 17.4 Å². The first-order valence-electron chi connectivity index (χ1n) is 9.65. The second kappa shape index (κ2) is 9.14. The second-order valence-electron chi connectivity index (χ2n) is 8.26. The molecule has 1 heterocycles. The normalized spacial score (nSPS) is 22.4. The maximum atomic E-state index is 13.6. The molecule has 1 aromatic rings. The van der Waals surface area contributed by atoms with Crippen molar-refractivity contribution in [3.8, 4) is 5.75 Å². The summed E-state index contributed by atoms with van der Waals surface area (Å²) in [6.07, 6.45) is 3.54. The first-order valence-corrected chi connectivity index (χ1v) is 13.8. The number of para-hydroxylation sites is 1. The lowest BCUT2D eigenvalue weighted by Crippen LogP contribution is -2.51. The van der Waals surface area contributed by atoms with Gasteiger partial charge >= 0.3 is 0 Å².